The maximum absolute atomic E-state index is 12.4. The summed E-state index contributed by atoms with van der Waals surface area (Å²) in [6.07, 6.45) is 2.31. The number of carbonyl (C=O) groups is 3. The Bertz CT molecular complexity index is 670. The Labute approximate surface area is 151 Å². The number of carbonyl (C=O) groups excluding carboxylic acids is 3. The van der Waals surface area contributed by atoms with E-state index in [9.17, 15) is 14.4 Å². The topological polar surface area (TPSA) is 86.1 Å². The van der Waals surface area contributed by atoms with E-state index in [1.807, 2.05) is 0 Å². The van der Waals surface area contributed by atoms with Gasteiger partial charge in [-0.3, -0.25) is 4.79 Å². The Morgan fingerprint density at radius 3 is 2.52 bits per heavy atom. The van der Waals surface area contributed by atoms with Crippen LogP contribution in [-0.4, -0.2) is 51.7 Å². The summed E-state index contributed by atoms with van der Waals surface area (Å²) in [7, 11) is 2.54. The van der Waals surface area contributed by atoms with Crippen molar-refractivity contribution in [2.75, 3.05) is 39.2 Å². The van der Waals surface area contributed by atoms with Crippen LogP contribution in [-0.2, 0) is 14.3 Å². The molecule has 1 saturated heterocycles. The average Bonchev–Trinajstić information content (AvgIpc) is 2.89. The van der Waals surface area contributed by atoms with Crippen molar-refractivity contribution in [1.82, 2.24) is 0 Å². The van der Waals surface area contributed by atoms with E-state index < -0.39 is 11.9 Å². The molecule has 7 nitrogen and oxygen atoms in total. The SMILES string of the molecule is COC(=O)c1sc(NC(=O)C[NH+]2CCC[C@@H](C)C2)c(C(=O)OC)c1C. The summed E-state index contributed by atoms with van der Waals surface area (Å²) in [4.78, 5) is 37.9. The first-order valence-corrected chi connectivity index (χ1v) is 9.12. The van der Waals surface area contributed by atoms with Crippen LogP contribution < -0.4 is 10.2 Å². The predicted molar refractivity (Wildman–Crippen MR) is 94.3 cm³/mol. The van der Waals surface area contributed by atoms with E-state index in [1.54, 1.807) is 6.92 Å². The van der Waals surface area contributed by atoms with Crippen LogP contribution in [0.1, 0.15) is 45.4 Å². The molecule has 1 fully saturated rings. The average molecular weight is 369 g/mol. The summed E-state index contributed by atoms with van der Waals surface area (Å²) in [5, 5.41) is 3.11. The van der Waals surface area contributed by atoms with E-state index in [2.05, 4.69) is 12.2 Å². The molecule has 2 rings (SSSR count). The summed E-state index contributed by atoms with van der Waals surface area (Å²) in [5.74, 6) is -0.689. The van der Waals surface area contributed by atoms with Crippen LogP contribution in [0.3, 0.4) is 0 Å². The molecule has 1 aliphatic rings. The monoisotopic (exact) mass is 369 g/mol. The third kappa shape index (κ3) is 4.58. The highest BCUT2D eigenvalue weighted by Crippen LogP contribution is 2.34. The van der Waals surface area contributed by atoms with Crippen LogP contribution in [0.15, 0.2) is 0 Å². The van der Waals surface area contributed by atoms with Gasteiger partial charge in [0.15, 0.2) is 6.54 Å². The zero-order chi connectivity index (χ0) is 18.6. The molecular weight excluding hydrogens is 344 g/mol. The van der Waals surface area contributed by atoms with Gasteiger partial charge < -0.3 is 19.7 Å². The number of amides is 1. The third-order valence-corrected chi connectivity index (χ3v) is 5.62. The first-order chi connectivity index (χ1) is 11.9. The molecule has 0 radical (unpaired) electrons. The number of methoxy groups -OCH3 is 2. The summed E-state index contributed by atoms with van der Waals surface area (Å²) < 4.78 is 9.53. The molecule has 25 heavy (non-hydrogen) atoms. The van der Waals surface area contributed by atoms with Crippen molar-refractivity contribution in [3.63, 3.8) is 0 Å². The van der Waals surface area contributed by atoms with Crippen molar-refractivity contribution >= 4 is 34.2 Å². The Hall–Kier alpha value is -1.93. The number of esters is 2. The molecule has 1 amide bonds. The number of ether oxygens (including phenoxy) is 2. The van der Waals surface area contributed by atoms with Crippen LogP contribution in [0.4, 0.5) is 5.00 Å². The largest absolute Gasteiger partial charge is 0.465 e. The number of anilines is 1. The fraction of sp³-hybridized carbons (Fsp3) is 0.588. The van der Waals surface area contributed by atoms with Gasteiger partial charge in [0.2, 0.25) is 0 Å². The zero-order valence-corrected chi connectivity index (χ0v) is 15.9. The molecule has 0 bridgehead atoms. The van der Waals surface area contributed by atoms with Crippen LogP contribution in [0.2, 0.25) is 0 Å². The second kappa shape index (κ2) is 8.44. The number of quaternary nitrogens is 1. The molecule has 0 saturated carbocycles. The van der Waals surface area contributed by atoms with Gasteiger partial charge in [0.1, 0.15) is 9.88 Å². The number of nitrogens with one attached hydrogen (secondary N) is 2. The highest BCUT2D eigenvalue weighted by molar-refractivity contribution is 7.18. The third-order valence-electron chi connectivity index (χ3n) is 4.43. The van der Waals surface area contributed by atoms with E-state index in [0.29, 0.717) is 23.0 Å². The van der Waals surface area contributed by atoms with Gasteiger partial charge in [-0.05, 0) is 25.3 Å². The molecule has 0 spiro atoms. The van der Waals surface area contributed by atoms with Gasteiger partial charge in [-0.15, -0.1) is 11.3 Å². The quantitative estimate of drug-likeness (QED) is 0.753. The second-order valence-electron chi connectivity index (χ2n) is 6.42. The van der Waals surface area contributed by atoms with Gasteiger partial charge in [0.05, 0.1) is 32.9 Å². The van der Waals surface area contributed by atoms with Gasteiger partial charge in [-0.1, -0.05) is 6.92 Å². The van der Waals surface area contributed by atoms with Crippen molar-refractivity contribution in [2.45, 2.75) is 26.7 Å². The lowest BCUT2D eigenvalue weighted by atomic mass is 10.0. The molecule has 2 atom stereocenters. The summed E-state index contributed by atoms with van der Waals surface area (Å²) in [6, 6.07) is 0. The van der Waals surface area contributed by atoms with E-state index in [0.717, 1.165) is 30.8 Å². The van der Waals surface area contributed by atoms with Gasteiger partial charge in [-0.25, -0.2) is 9.59 Å². The van der Waals surface area contributed by atoms with E-state index in [-0.39, 0.29) is 16.3 Å². The number of piperidine rings is 1. The maximum Gasteiger partial charge on any atom is 0.348 e. The molecule has 1 aromatic heterocycles. The van der Waals surface area contributed by atoms with Crippen LogP contribution >= 0.6 is 11.3 Å². The minimum atomic E-state index is -0.585. The summed E-state index contributed by atoms with van der Waals surface area (Å²) in [5.41, 5.74) is 0.668. The highest BCUT2D eigenvalue weighted by Gasteiger charge is 2.28. The van der Waals surface area contributed by atoms with Crippen molar-refractivity contribution in [3.05, 3.63) is 16.0 Å². The Morgan fingerprint density at radius 2 is 1.92 bits per heavy atom. The highest BCUT2D eigenvalue weighted by atomic mass is 32.1. The number of thiophene rings is 1. The number of hydrogen-bond donors (Lipinski definition) is 2. The van der Waals surface area contributed by atoms with Crippen molar-refractivity contribution in [3.8, 4) is 0 Å². The Kier molecular flexibility index (Phi) is 6.55. The Morgan fingerprint density at radius 1 is 1.24 bits per heavy atom. The minimum absolute atomic E-state index is 0.174. The molecule has 2 heterocycles. The second-order valence-corrected chi connectivity index (χ2v) is 7.44. The standard InChI is InChI=1S/C17H24N2O5S/c1-10-6-5-7-19(8-10)9-12(20)18-15-13(16(21)23-3)11(2)14(25-15)17(22)24-4/h10H,5-9H2,1-4H3,(H,18,20)/p+1/t10-/m1/s1. The van der Waals surface area contributed by atoms with Crippen LogP contribution in [0, 0.1) is 12.8 Å². The maximum atomic E-state index is 12.4. The molecule has 2 N–H and O–H groups in total. The zero-order valence-electron chi connectivity index (χ0n) is 15.1. The molecule has 8 heteroatoms. The molecule has 1 unspecified atom stereocenters. The van der Waals surface area contributed by atoms with E-state index >= 15 is 0 Å². The molecular formula is C17H25N2O5S+. The fourth-order valence-corrected chi connectivity index (χ4v) is 4.32. The molecule has 138 valence electrons. The Balaban J connectivity index is 2.18. The lowest BCUT2D eigenvalue weighted by molar-refractivity contribution is -0.900. The molecule has 1 aliphatic heterocycles. The molecule has 1 aromatic rings. The van der Waals surface area contributed by atoms with Crippen LogP contribution in [0.25, 0.3) is 0 Å². The number of rotatable bonds is 5. The molecule has 0 aliphatic carbocycles. The predicted octanol–water partition coefficient (Wildman–Crippen LogP) is 0.883. The first-order valence-electron chi connectivity index (χ1n) is 8.30. The number of likely N-dealkylation sites (tertiary alicyclic amines) is 1. The van der Waals surface area contributed by atoms with Gasteiger partial charge >= 0.3 is 11.9 Å². The molecule has 0 aromatic carbocycles. The van der Waals surface area contributed by atoms with Gasteiger partial charge in [0.25, 0.3) is 5.91 Å². The van der Waals surface area contributed by atoms with Gasteiger partial charge in [-0.2, -0.15) is 0 Å². The first kappa shape index (κ1) is 19.4. The van der Waals surface area contributed by atoms with Crippen molar-refractivity contribution < 1.29 is 28.8 Å². The number of hydrogen-bond acceptors (Lipinski definition) is 6. The van der Waals surface area contributed by atoms with E-state index in [1.165, 1.54) is 25.5 Å². The van der Waals surface area contributed by atoms with Crippen molar-refractivity contribution in [2.24, 2.45) is 5.92 Å². The van der Waals surface area contributed by atoms with E-state index in [4.69, 9.17) is 9.47 Å². The fourth-order valence-electron chi connectivity index (χ4n) is 3.19. The lowest BCUT2D eigenvalue weighted by Crippen LogP contribution is -3.14. The lowest BCUT2D eigenvalue weighted by Gasteiger charge is -2.27. The summed E-state index contributed by atoms with van der Waals surface area (Å²) >= 11 is 1.04. The normalized spacial score (nSPS) is 20.0. The minimum Gasteiger partial charge on any atom is -0.465 e. The summed E-state index contributed by atoms with van der Waals surface area (Å²) in [6.45, 7) is 6.11. The van der Waals surface area contributed by atoms with Crippen molar-refractivity contribution in [1.29, 1.82) is 0 Å². The van der Waals surface area contributed by atoms with Gasteiger partial charge in [0, 0.05) is 5.92 Å². The smallest absolute Gasteiger partial charge is 0.348 e. The van der Waals surface area contributed by atoms with Crippen LogP contribution in [0.5, 0.6) is 0 Å².